The summed E-state index contributed by atoms with van der Waals surface area (Å²) in [6.07, 6.45) is 4.70. The second kappa shape index (κ2) is 7.79. The van der Waals surface area contributed by atoms with Crippen molar-refractivity contribution < 1.29 is 4.79 Å². The number of aromatic nitrogens is 2. The minimum atomic E-state index is -0.134. The highest BCUT2D eigenvalue weighted by atomic mass is 16.1. The number of fused-ring (bicyclic) bond motifs is 1. The van der Waals surface area contributed by atoms with E-state index in [4.69, 9.17) is 4.98 Å². The molecule has 1 atom stereocenters. The Hall–Kier alpha value is -2.88. The van der Waals surface area contributed by atoms with E-state index in [0.717, 1.165) is 16.9 Å². The summed E-state index contributed by atoms with van der Waals surface area (Å²) < 4.78 is 2.16. The molecular formula is C21H23N3O. The van der Waals surface area contributed by atoms with Crippen molar-refractivity contribution in [3.05, 3.63) is 72.1 Å². The van der Waals surface area contributed by atoms with Gasteiger partial charge >= 0.3 is 0 Å². The van der Waals surface area contributed by atoms with Crippen LogP contribution in [0.2, 0.25) is 0 Å². The third kappa shape index (κ3) is 3.97. The third-order valence-corrected chi connectivity index (χ3v) is 4.17. The van der Waals surface area contributed by atoms with E-state index < -0.39 is 0 Å². The number of hydrogen-bond acceptors (Lipinski definition) is 2. The Morgan fingerprint density at radius 2 is 1.88 bits per heavy atom. The zero-order valence-corrected chi connectivity index (χ0v) is 14.6. The van der Waals surface area contributed by atoms with Crippen molar-refractivity contribution in [1.29, 1.82) is 0 Å². The van der Waals surface area contributed by atoms with Gasteiger partial charge in [-0.1, -0.05) is 61.5 Å². The molecule has 0 saturated heterocycles. The van der Waals surface area contributed by atoms with Crippen LogP contribution in [0, 0.1) is 0 Å². The molecule has 0 aliphatic heterocycles. The number of amides is 1. The SMILES string of the molecule is CCC(=O)NC(C)c1nc2ccccc2n1C/C=C/c1ccccc1. The number of imidazole rings is 1. The Labute approximate surface area is 148 Å². The van der Waals surface area contributed by atoms with E-state index in [1.54, 1.807) is 0 Å². The molecule has 1 heterocycles. The van der Waals surface area contributed by atoms with Crippen molar-refractivity contribution in [2.45, 2.75) is 32.9 Å². The quantitative estimate of drug-likeness (QED) is 0.729. The predicted molar refractivity (Wildman–Crippen MR) is 102 cm³/mol. The molecule has 1 amide bonds. The summed E-state index contributed by atoms with van der Waals surface area (Å²) >= 11 is 0. The minimum absolute atomic E-state index is 0.0333. The second-order valence-corrected chi connectivity index (χ2v) is 6.03. The lowest BCUT2D eigenvalue weighted by atomic mass is 10.2. The first-order valence-corrected chi connectivity index (χ1v) is 8.65. The average molecular weight is 333 g/mol. The zero-order valence-electron chi connectivity index (χ0n) is 14.6. The van der Waals surface area contributed by atoms with Crippen LogP contribution < -0.4 is 5.32 Å². The Kier molecular flexibility index (Phi) is 5.29. The number of carbonyl (C=O) groups excluding carboxylic acids is 1. The summed E-state index contributed by atoms with van der Waals surface area (Å²) in [5.74, 6) is 0.909. The Morgan fingerprint density at radius 1 is 1.16 bits per heavy atom. The van der Waals surface area contributed by atoms with Crippen LogP contribution in [0.1, 0.15) is 37.7 Å². The maximum atomic E-state index is 11.8. The van der Waals surface area contributed by atoms with Crippen molar-refractivity contribution >= 4 is 23.0 Å². The van der Waals surface area contributed by atoms with Crippen molar-refractivity contribution in [3.8, 4) is 0 Å². The van der Waals surface area contributed by atoms with Crippen LogP contribution in [0.25, 0.3) is 17.1 Å². The summed E-state index contributed by atoms with van der Waals surface area (Å²) in [6, 6.07) is 18.2. The highest BCUT2D eigenvalue weighted by molar-refractivity contribution is 5.78. The van der Waals surface area contributed by atoms with Gasteiger partial charge in [0.2, 0.25) is 5.91 Å². The fourth-order valence-corrected chi connectivity index (χ4v) is 2.88. The first-order valence-electron chi connectivity index (χ1n) is 8.65. The summed E-state index contributed by atoms with van der Waals surface area (Å²) in [5, 5.41) is 3.01. The molecule has 4 heteroatoms. The standard InChI is InChI=1S/C21H23N3O/c1-3-20(25)22-16(2)21-23-18-13-7-8-14-19(18)24(21)15-9-12-17-10-5-4-6-11-17/h4-14,16H,3,15H2,1-2H3,(H,22,25)/b12-9+. The molecule has 0 aliphatic rings. The fraction of sp³-hybridized carbons (Fsp3) is 0.238. The summed E-state index contributed by atoms with van der Waals surface area (Å²) in [4.78, 5) is 16.5. The minimum Gasteiger partial charge on any atom is -0.346 e. The Morgan fingerprint density at radius 3 is 2.64 bits per heavy atom. The van der Waals surface area contributed by atoms with Gasteiger partial charge in [-0.3, -0.25) is 4.79 Å². The highest BCUT2D eigenvalue weighted by Crippen LogP contribution is 2.21. The molecular weight excluding hydrogens is 310 g/mol. The first-order chi connectivity index (χ1) is 12.2. The number of rotatable bonds is 6. The number of nitrogens with zero attached hydrogens (tertiary/aromatic N) is 2. The van der Waals surface area contributed by atoms with Gasteiger partial charge in [0.25, 0.3) is 0 Å². The largest absolute Gasteiger partial charge is 0.346 e. The van der Waals surface area contributed by atoms with Gasteiger partial charge in [-0.25, -0.2) is 4.98 Å². The molecule has 4 nitrogen and oxygen atoms in total. The van der Waals surface area contributed by atoms with Crippen LogP contribution in [0.5, 0.6) is 0 Å². The van der Waals surface area contributed by atoms with Crippen LogP contribution in [0.3, 0.4) is 0 Å². The molecule has 0 saturated carbocycles. The van der Waals surface area contributed by atoms with Gasteiger partial charge in [0.1, 0.15) is 5.82 Å². The van der Waals surface area contributed by atoms with Crippen molar-refractivity contribution in [2.24, 2.45) is 0 Å². The molecule has 1 N–H and O–H groups in total. The molecule has 1 aromatic heterocycles. The maximum absolute atomic E-state index is 11.8. The first kappa shape index (κ1) is 17.0. The molecule has 0 aliphatic carbocycles. The molecule has 25 heavy (non-hydrogen) atoms. The summed E-state index contributed by atoms with van der Waals surface area (Å²) in [6.45, 7) is 4.54. The molecule has 1 unspecified atom stereocenters. The average Bonchev–Trinajstić information content (AvgIpc) is 3.01. The lowest BCUT2D eigenvalue weighted by molar-refractivity contribution is -0.121. The zero-order chi connectivity index (χ0) is 17.6. The number of benzene rings is 2. The number of allylic oxidation sites excluding steroid dienone is 1. The lowest BCUT2D eigenvalue weighted by Crippen LogP contribution is -2.27. The summed E-state index contributed by atoms with van der Waals surface area (Å²) in [7, 11) is 0. The van der Waals surface area contributed by atoms with Gasteiger partial charge in [0, 0.05) is 13.0 Å². The Bertz CT molecular complexity index is 881. The molecule has 0 spiro atoms. The van der Waals surface area contributed by atoms with E-state index >= 15 is 0 Å². The van der Waals surface area contributed by atoms with Gasteiger partial charge in [-0.15, -0.1) is 0 Å². The predicted octanol–water partition coefficient (Wildman–Crippen LogP) is 4.34. The van der Waals surface area contributed by atoms with Gasteiger partial charge in [-0.2, -0.15) is 0 Å². The monoisotopic (exact) mass is 333 g/mol. The van der Waals surface area contributed by atoms with Crippen molar-refractivity contribution in [1.82, 2.24) is 14.9 Å². The lowest BCUT2D eigenvalue weighted by Gasteiger charge is -2.15. The fourth-order valence-electron chi connectivity index (χ4n) is 2.88. The Balaban J connectivity index is 1.90. The van der Waals surface area contributed by atoms with Gasteiger partial charge in [-0.05, 0) is 24.6 Å². The number of hydrogen-bond donors (Lipinski definition) is 1. The van der Waals surface area contributed by atoms with E-state index in [-0.39, 0.29) is 11.9 Å². The van der Waals surface area contributed by atoms with Crippen LogP contribution in [-0.2, 0) is 11.3 Å². The van der Waals surface area contributed by atoms with E-state index in [1.807, 2.05) is 50.2 Å². The van der Waals surface area contributed by atoms with Crippen LogP contribution in [0.15, 0.2) is 60.7 Å². The van der Waals surface area contributed by atoms with Gasteiger partial charge < -0.3 is 9.88 Å². The molecule has 0 radical (unpaired) electrons. The topological polar surface area (TPSA) is 46.9 Å². The third-order valence-electron chi connectivity index (χ3n) is 4.17. The van der Waals surface area contributed by atoms with Crippen molar-refractivity contribution in [3.63, 3.8) is 0 Å². The number of carbonyl (C=O) groups is 1. The van der Waals surface area contributed by atoms with E-state index in [1.165, 1.54) is 5.56 Å². The molecule has 3 aromatic rings. The van der Waals surface area contributed by atoms with Crippen LogP contribution in [-0.4, -0.2) is 15.5 Å². The smallest absolute Gasteiger partial charge is 0.220 e. The van der Waals surface area contributed by atoms with Gasteiger partial charge in [0.05, 0.1) is 17.1 Å². The highest BCUT2D eigenvalue weighted by Gasteiger charge is 2.17. The van der Waals surface area contributed by atoms with Crippen LogP contribution in [0.4, 0.5) is 0 Å². The molecule has 0 fully saturated rings. The number of nitrogens with one attached hydrogen (secondary N) is 1. The van der Waals surface area contributed by atoms with E-state index in [2.05, 4.69) is 40.2 Å². The van der Waals surface area contributed by atoms with Gasteiger partial charge in [0.15, 0.2) is 0 Å². The van der Waals surface area contributed by atoms with E-state index in [9.17, 15) is 4.79 Å². The van der Waals surface area contributed by atoms with E-state index in [0.29, 0.717) is 13.0 Å². The van der Waals surface area contributed by atoms with Crippen LogP contribution >= 0.6 is 0 Å². The second-order valence-electron chi connectivity index (χ2n) is 6.03. The molecule has 3 rings (SSSR count). The molecule has 0 bridgehead atoms. The summed E-state index contributed by atoms with van der Waals surface area (Å²) in [5.41, 5.74) is 3.19. The molecule has 2 aromatic carbocycles. The maximum Gasteiger partial charge on any atom is 0.220 e. The number of para-hydroxylation sites is 2. The molecule has 128 valence electrons. The van der Waals surface area contributed by atoms with Crippen molar-refractivity contribution in [2.75, 3.05) is 0 Å². The normalized spacial score (nSPS) is 12.6.